The van der Waals surface area contributed by atoms with Gasteiger partial charge in [0.15, 0.2) is 23.6 Å². The van der Waals surface area contributed by atoms with Gasteiger partial charge in [0.25, 0.3) is 0 Å². The first kappa shape index (κ1) is 18.3. The summed E-state index contributed by atoms with van der Waals surface area (Å²) < 4.78 is 21.0. The van der Waals surface area contributed by atoms with Crippen LogP contribution in [-0.2, 0) is 11.2 Å². The van der Waals surface area contributed by atoms with Gasteiger partial charge in [-0.25, -0.2) is 0 Å². The van der Waals surface area contributed by atoms with Crippen molar-refractivity contribution in [2.75, 3.05) is 27.9 Å². The van der Waals surface area contributed by atoms with Gasteiger partial charge >= 0.3 is 0 Å². The molecule has 0 unspecified atom stereocenters. The third-order valence-electron chi connectivity index (χ3n) is 3.59. The second-order valence-corrected chi connectivity index (χ2v) is 5.22. The molecule has 6 nitrogen and oxygen atoms in total. The summed E-state index contributed by atoms with van der Waals surface area (Å²) >= 11 is 0. The molecule has 0 heterocycles. The number of ketones is 1. The minimum atomic E-state index is -0.150. The van der Waals surface area contributed by atoms with Crippen LogP contribution in [0.25, 0.3) is 0 Å². The van der Waals surface area contributed by atoms with Crippen LogP contribution in [-0.4, -0.2) is 40.0 Å². The zero-order valence-electron chi connectivity index (χ0n) is 14.4. The van der Waals surface area contributed by atoms with Crippen LogP contribution in [0.2, 0.25) is 0 Å². The van der Waals surface area contributed by atoms with Gasteiger partial charge in [0, 0.05) is 12.5 Å². The summed E-state index contributed by atoms with van der Waals surface area (Å²) in [5.41, 5.74) is 1.15. The van der Waals surface area contributed by atoms with Crippen molar-refractivity contribution < 1.29 is 28.5 Å². The topological polar surface area (TPSA) is 71.1 Å². The predicted molar refractivity (Wildman–Crippen MR) is 92.1 cm³/mol. The Kier molecular flexibility index (Phi) is 6.39. The number of carbonyl (C=O) groups excluding carboxylic acids is 2. The van der Waals surface area contributed by atoms with Crippen molar-refractivity contribution in [2.45, 2.75) is 6.42 Å². The number of methoxy groups -OCH3 is 3. The van der Waals surface area contributed by atoms with Crippen molar-refractivity contribution in [3.63, 3.8) is 0 Å². The van der Waals surface area contributed by atoms with E-state index in [-0.39, 0.29) is 18.8 Å². The molecule has 0 amide bonds. The Morgan fingerprint density at radius 1 is 0.920 bits per heavy atom. The fraction of sp³-hybridized carbons (Fsp3) is 0.263. The number of hydrogen-bond donors (Lipinski definition) is 0. The Morgan fingerprint density at radius 2 is 1.68 bits per heavy atom. The van der Waals surface area contributed by atoms with Crippen LogP contribution in [0, 0.1) is 0 Å². The van der Waals surface area contributed by atoms with Crippen molar-refractivity contribution >= 4 is 12.1 Å². The van der Waals surface area contributed by atoms with E-state index in [2.05, 4.69) is 0 Å². The quantitative estimate of drug-likeness (QED) is 0.652. The van der Waals surface area contributed by atoms with Gasteiger partial charge in [-0.05, 0) is 29.8 Å². The van der Waals surface area contributed by atoms with Crippen LogP contribution >= 0.6 is 0 Å². The molecular weight excluding hydrogens is 324 g/mol. The molecule has 0 fully saturated rings. The lowest BCUT2D eigenvalue weighted by Crippen LogP contribution is -2.14. The zero-order valence-corrected chi connectivity index (χ0v) is 14.4. The summed E-state index contributed by atoms with van der Waals surface area (Å²) in [6, 6.07) is 10.1. The molecule has 0 bridgehead atoms. The standard InChI is InChI=1S/C19H20O6/c1-22-16-6-5-14(11-20)18(10-16)25-12-15(21)8-13-4-7-17(23-2)19(9-13)24-3/h4-7,9-11H,8,12H2,1-3H3. The van der Waals surface area contributed by atoms with E-state index in [0.29, 0.717) is 34.8 Å². The summed E-state index contributed by atoms with van der Waals surface area (Å²) in [6.07, 6.45) is 0.855. The lowest BCUT2D eigenvalue weighted by molar-refractivity contribution is -0.120. The largest absolute Gasteiger partial charge is 0.497 e. The van der Waals surface area contributed by atoms with Gasteiger partial charge in [-0.2, -0.15) is 0 Å². The maximum Gasteiger partial charge on any atom is 0.174 e. The minimum absolute atomic E-state index is 0.133. The van der Waals surface area contributed by atoms with Crippen molar-refractivity contribution in [1.82, 2.24) is 0 Å². The van der Waals surface area contributed by atoms with E-state index in [1.54, 1.807) is 43.5 Å². The monoisotopic (exact) mass is 344 g/mol. The average molecular weight is 344 g/mol. The lowest BCUT2D eigenvalue weighted by Gasteiger charge is -2.11. The number of aldehydes is 1. The highest BCUT2D eigenvalue weighted by molar-refractivity contribution is 5.83. The molecule has 2 aromatic rings. The second kappa shape index (κ2) is 8.73. The lowest BCUT2D eigenvalue weighted by atomic mass is 10.1. The van der Waals surface area contributed by atoms with Crippen molar-refractivity contribution in [3.8, 4) is 23.0 Å². The van der Waals surface area contributed by atoms with E-state index in [4.69, 9.17) is 18.9 Å². The average Bonchev–Trinajstić information content (AvgIpc) is 2.65. The first-order valence-corrected chi connectivity index (χ1v) is 7.60. The first-order valence-electron chi connectivity index (χ1n) is 7.60. The Labute approximate surface area is 146 Å². The summed E-state index contributed by atoms with van der Waals surface area (Å²) in [4.78, 5) is 23.2. The number of carbonyl (C=O) groups is 2. The Morgan fingerprint density at radius 3 is 2.32 bits per heavy atom. The van der Waals surface area contributed by atoms with Crippen LogP contribution < -0.4 is 18.9 Å². The van der Waals surface area contributed by atoms with Gasteiger partial charge < -0.3 is 18.9 Å². The van der Waals surface area contributed by atoms with E-state index >= 15 is 0 Å². The Hall–Kier alpha value is -3.02. The van der Waals surface area contributed by atoms with Gasteiger partial charge in [-0.1, -0.05) is 6.07 Å². The highest BCUT2D eigenvalue weighted by Crippen LogP contribution is 2.28. The zero-order chi connectivity index (χ0) is 18.2. The van der Waals surface area contributed by atoms with Crippen LogP contribution in [0.3, 0.4) is 0 Å². The van der Waals surface area contributed by atoms with Crippen molar-refractivity contribution in [2.24, 2.45) is 0 Å². The fourth-order valence-electron chi connectivity index (χ4n) is 2.29. The molecule has 0 aliphatic rings. The Balaban J connectivity index is 2.03. The maximum atomic E-state index is 12.2. The molecule has 0 radical (unpaired) electrons. The highest BCUT2D eigenvalue weighted by atomic mass is 16.5. The van der Waals surface area contributed by atoms with Crippen molar-refractivity contribution in [3.05, 3.63) is 47.5 Å². The molecule has 0 saturated heterocycles. The molecule has 0 aromatic heterocycles. The molecule has 0 saturated carbocycles. The van der Waals surface area contributed by atoms with Crippen LogP contribution in [0.5, 0.6) is 23.0 Å². The smallest absolute Gasteiger partial charge is 0.174 e. The number of ether oxygens (including phenoxy) is 4. The SMILES string of the molecule is COc1ccc(C=O)c(OCC(=O)Cc2ccc(OC)c(OC)c2)c1. The summed E-state index contributed by atoms with van der Waals surface area (Å²) in [7, 11) is 4.60. The number of rotatable bonds is 9. The first-order chi connectivity index (χ1) is 12.1. The molecule has 2 rings (SSSR count). The summed E-state index contributed by atoms with van der Waals surface area (Å²) in [6.45, 7) is -0.150. The minimum Gasteiger partial charge on any atom is -0.497 e. The molecule has 0 atom stereocenters. The van der Waals surface area contributed by atoms with Gasteiger partial charge in [0.2, 0.25) is 0 Å². The number of benzene rings is 2. The van der Waals surface area contributed by atoms with Crippen LogP contribution in [0.15, 0.2) is 36.4 Å². The molecule has 25 heavy (non-hydrogen) atoms. The third kappa shape index (κ3) is 4.73. The van der Waals surface area contributed by atoms with Crippen LogP contribution in [0.1, 0.15) is 15.9 Å². The van der Waals surface area contributed by atoms with E-state index in [9.17, 15) is 9.59 Å². The van der Waals surface area contributed by atoms with Crippen molar-refractivity contribution in [1.29, 1.82) is 0 Å². The Bertz CT molecular complexity index is 754. The van der Waals surface area contributed by atoms with Gasteiger partial charge in [-0.3, -0.25) is 9.59 Å². The molecule has 2 aromatic carbocycles. The summed E-state index contributed by atoms with van der Waals surface area (Å²) in [5.74, 6) is 1.89. The molecular formula is C19H20O6. The highest BCUT2D eigenvalue weighted by Gasteiger charge is 2.11. The molecule has 6 heteroatoms. The molecule has 0 spiro atoms. The van der Waals surface area contributed by atoms with E-state index < -0.39 is 0 Å². The molecule has 0 aliphatic carbocycles. The van der Waals surface area contributed by atoms with Gasteiger partial charge in [-0.15, -0.1) is 0 Å². The maximum absolute atomic E-state index is 12.2. The summed E-state index contributed by atoms with van der Waals surface area (Å²) in [5, 5.41) is 0. The second-order valence-electron chi connectivity index (χ2n) is 5.22. The third-order valence-corrected chi connectivity index (χ3v) is 3.59. The number of hydrogen-bond acceptors (Lipinski definition) is 6. The molecule has 0 N–H and O–H groups in total. The molecule has 132 valence electrons. The normalized spacial score (nSPS) is 10.0. The van der Waals surface area contributed by atoms with Crippen LogP contribution in [0.4, 0.5) is 0 Å². The fourth-order valence-corrected chi connectivity index (χ4v) is 2.29. The van der Waals surface area contributed by atoms with E-state index in [0.717, 1.165) is 5.56 Å². The van der Waals surface area contributed by atoms with E-state index in [1.807, 2.05) is 0 Å². The predicted octanol–water partition coefficient (Wildman–Crippen LogP) is 2.72. The van der Waals surface area contributed by atoms with Gasteiger partial charge in [0.1, 0.15) is 18.1 Å². The van der Waals surface area contributed by atoms with E-state index in [1.165, 1.54) is 14.2 Å². The number of Topliss-reactive ketones (excluding diaryl/α,β-unsaturated/α-hetero) is 1. The van der Waals surface area contributed by atoms with Gasteiger partial charge in [0.05, 0.1) is 26.9 Å². The molecule has 0 aliphatic heterocycles.